The molecule has 0 radical (unpaired) electrons. The molecule has 1 aromatic carbocycles. The number of unbranched alkanes of at least 4 members (excludes halogenated alkanes) is 5. The fourth-order valence-corrected chi connectivity index (χ4v) is 7.27. The van der Waals surface area contributed by atoms with Crippen LogP contribution in [0.25, 0.3) is 21.9 Å². The molecule has 0 spiro atoms. The van der Waals surface area contributed by atoms with Crippen molar-refractivity contribution in [2.24, 2.45) is 0 Å². The molecule has 4 aromatic rings. The van der Waals surface area contributed by atoms with Crippen molar-refractivity contribution in [3.8, 4) is 0 Å². The molecule has 3 aromatic heterocycles. The summed E-state index contributed by atoms with van der Waals surface area (Å²) in [5.41, 5.74) is 7.27. The zero-order valence-electron chi connectivity index (χ0n) is 26.8. The molecule has 1 fully saturated rings. The van der Waals surface area contributed by atoms with Crippen LogP contribution in [-0.2, 0) is 19.4 Å². The van der Waals surface area contributed by atoms with Gasteiger partial charge in [-0.15, -0.1) is 0 Å². The normalized spacial score (nSPS) is 15.3. The number of aryl methyl sites for hydroxylation is 2. The van der Waals surface area contributed by atoms with Crippen molar-refractivity contribution in [1.82, 2.24) is 25.1 Å². The van der Waals surface area contributed by atoms with Crippen LogP contribution in [0, 0.1) is 0 Å². The Balaban J connectivity index is 0.939. The van der Waals surface area contributed by atoms with E-state index in [-0.39, 0.29) is 5.91 Å². The number of anilines is 2. The van der Waals surface area contributed by atoms with E-state index in [4.69, 9.17) is 16.6 Å². The Kier molecular flexibility index (Phi) is 10.7. The van der Waals surface area contributed by atoms with Gasteiger partial charge in [-0.2, -0.15) is 5.10 Å². The first-order chi connectivity index (χ1) is 22.1. The Morgan fingerprint density at radius 2 is 1.69 bits per heavy atom. The van der Waals surface area contributed by atoms with Crippen molar-refractivity contribution >= 4 is 50.8 Å². The Hall–Kier alpha value is -3.39. The first-order valence-electron chi connectivity index (χ1n) is 17.4. The summed E-state index contributed by atoms with van der Waals surface area (Å²) >= 11 is 6.28. The molecule has 6 rings (SSSR count). The molecular weight excluding hydrogens is 582 g/mol. The summed E-state index contributed by atoms with van der Waals surface area (Å²) in [4.78, 5) is 22.9. The Morgan fingerprint density at radius 3 is 2.51 bits per heavy atom. The second-order valence-electron chi connectivity index (χ2n) is 12.8. The van der Waals surface area contributed by atoms with Gasteiger partial charge in [0.05, 0.1) is 28.4 Å². The molecule has 0 aliphatic heterocycles. The lowest BCUT2D eigenvalue weighted by Crippen LogP contribution is -2.28. The molecule has 0 bridgehead atoms. The van der Waals surface area contributed by atoms with Crippen molar-refractivity contribution in [3.63, 3.8) is 0 Å². The number of nitrogens with one attached hydrogen (secondary N) is 3. The molecule has 2 aliphatic rings. The van der Waals surface area contributed by atoms with Gasteiger partial charge in [0.2, 0.25) is 0 Å². The maximum absolute atomic E-state index is 13.3. The van der Waals surface area contributed by atoms with Crippen LogP contribution in [0.2, 0.25) is 5.02 Å². The Bertz CT molecular complexity index is 1610. The third-order valence-electron chi connectivity index (χ3n) is 9.58. The minimum absolute atomic E-state index is 0.0499. The standard InChI is InChI=1S/C36H48ClN7O/c1-2-44-35-29(24-41-44)34(42-26-14-8-7-9-15-26)30(23-40-35)36(45)39-21-13-6-4-3-5-12-20-38-33-27-16-10-11-17-31(27)43-32-22-25(37)18-19-28(32)33/h18-19,22-24,26H,2-17,20-21H2,1H3,(H,38,43)(H,39,45)(H,40,42). The van der Waals surface area contributed by atoms with E-state index in [1.807, 2.05) is 23.0 Å². The Labute approximate surface area is 272 Å². The lowest BCUT2D eigenvalue weighted by molar-refractivity contribution is 0.0953. The van der Waals surface area contributed by atoms with E-state index in [1.165, 1.54) is 73.7 Å². The molecule has 3 heterocycles. The smallest absolute Gasteiger partial charge is 0.254 e. The number of fused-ring (bicyclic) bond motifs is 3. The predicted octanol–water partition coefficient (Wildman–Crippen LogP) is 8.46. The minimum Gasteiger partial charge on any atom is -0.384 e. The summed E-state index contributed by atoms with van der Waals surface area (Å²) in [6.45, 7) is 4.46. The van der Waals surface area contributed by atoms with Crippen LogP contribution in [0.15, 0.2) is 30.6 Å². The molecule has 0 atom stereocenters. The minimum atomic E-state index is -0.0499. The van der Waals surface area contributed by atoms with Gasteiger partial charge < -0.3 is 16.0 Å². The summed E-state index contributed by atoms with van der Waals surface area (Å²) in [6, 6.07) is 6.47. The summed E-state index contributed by atoms with van der Waals surface area (Å²) in [5, 5.41) is 18.0. The number of hydrogen-bond donors (Lipinski definition) is 3. The average molecular weight is 630 g/mol. The SMILES string of the molecule is CCn1ncc2c(NC3CCCCC3)c(C(=O)NCCCCCCCCNc3c4c(nc5cc(Cl)ccc35)CCCC4)cnc21. The van der Waals surface area contributed by atoms with Crippen molar-refractivity contribution in [1.29, 1.82) is 0 Å². The highest BCUT2D eigenvalue weighted by atomic mass is 35.5. The number of carbonyl (C=O) groups excluding carboxylic acids is 1. The second kappa shape index (κ2) is 15.3. The Morgan fingerprint density at radius 1 is 0.911 bits per heavy atom. The number of aromatic nitrogens is 4. The highest BCUT2D eigenvalue weighted by Gasteiger charge is 2.22. The van der Waals surface area contributed by atoms with Gasteiger partial charge in [-0.3, -0.25) is 9.78 Å². The monoisotopic (exact) mass is 629 g/mol. The highest BCUT2D eigenvalue weighted by Crippen LogP contribution is 2.34. The maximum atomic E-state index is 13.3. The van der Waals surface area contributed by atoms with Crippen LogP contribution in [-0.4, -0.2) is 44.8 Å². The van der Waals surface area contributed by atoms with Crippen LogP contribution in [0.3, 0.4) is 0 Å². The zero-order valence-corrected chi connectivity index (χ0v) is 27.5. The first kappa shape index (κ1) is 31.6. The van der Waals surface area contributed by atoms with E-state index in [0.29, 0.717) is 18.2 Å². The van der Waals surface area contributed by atoms with Crippen molar-refractivity contribution < 1.29 is 4.79 Å². The molecule has 1 amide bonds. The van der Waals surface area contributed by atoms with Gasteiger partial charge in [0, 0.05) is 53.7 Å². The first-order valence-corrected chi connectivity index (χ1v) is 17.7. The van der Waals surface area contributed by atoms with Gasteiger partial charge in [0.25, 0.3) is 5.91 Å². The van der Waals surface area contributed by atoms with Crippen molar-refractivity contribution in [3.05, 3.63) is 52.4 Å². The quantitative estimate of drug-likeness (QED) is 0.121. The van der Waals surface area contributed by atoms with Crippen molar-refractivity contribution in [2.45, 2.75) is 116 Å². The number of pyridine rings is 2. The van der Waals surface area contributed by atoms with E-state index in [0.717, 1.165) is 85.3 Å². The molecule has 0 saturated heterocycles. The van der Waals surface area contributed by atoms with Crippen LogP contribution in [0.5, 0.6) is 0 Å². The molecule has 1 saturated carbocycles. The summed E-state index contributed by atoms with van der Waals surface area (Å²) < 4.78 is 1.89. The van der Waals surface area contributed by atoms with Crippen LogP contribution in [0.1, 0.15) is 112 Å². The largest absolute Gasteiger partial charge is 0.384 e. The van der Waals surface area contributed by atoms with Gasteiger partial charge in [-0.05, 0) is 82.1 Å². The van der Waals surface area contributed by atoms with Gasteiger partial charge in [-0.25, -0.2) is 9.67 Å². The number of nitrogens with zero attached hydrogens (tertiary/aromatic N) is 4. The number of benzene rings is 1. The van der Waals surface area contributed by atoms with Crippen LogP contribution in [0.4, 0.5) is 11.4 Å². The number of rotatable bonds is 14. The third-order valence-corrected chi connectivity index (χ3v) is 9.82. The molecule has 3 N–H and O–H groups in total. The van der Waals surface area contributed by atoms with E-state index < -0.39 is 0 Å². The van der Waals surface area contributed by atoms with Crippen LogP contribution < -0.4 is 16.0 Å². The maximum Gasteiger partial charge on any atom is 0.254 e. The molecule has 9 heteroatoms. The van der Waals surface area contributed by atoms with E-state index in [1.54, 1.807) is 6.20 Å². The molecule has 8 nitrogen and oxygen atoms in total. The lowest BCUT2D eigenvalue weighted by Gasteiger charge is -2.25. The number of hydrogen-bond acceptors (Lipinski definition) is 6. The van der Waals surface area contributed by atoms with E-state index in [9.17, 15) is 4.79 Å². The lowest BCUT2D eigenvalue weighted by atomic mass is 9.92. The molecule has 240 valence electrons. The molecule has 45 heavy (non-hydrogen) atoms. The molecule has 0 unspecified atom stereocenters. The van der Waals surface area contributed by atoms with Gasteiger partial charge >= 0.3 is 0 Å². The molecular formula is C36H48ClN7O. The van der Waals surface area contributed by atoms with Gasteiger partial charge in [0.1, 0.15) is 0 Å². The highest BCUT2D eigenvalue weighted by molar-refractivity contribution is 6.31. The number of halogens is 1. The van der Waals surface area contributed by atoms with Crippen molar-refractivity contribution in [2.75, 3.05) is 23.7 Å². The zero-order chi connectivity index (χ0) is 31.0. The predicted molar refractivity (Wildman–Crippen MR) is 186 cm³/mol. The van der Waals surface area contributed by atoms with Gasteiger partial charge in [-0.1, -0.05) is 56.5 Å². The summed E-state index contributed by atoms with van der Waals surface area (Å²) in [5.74, 6) is -0.0499. The molecule has 2 aliphatic carbocycles. The van der Waals surface area contributed by atoms with E-state index in [2.05, 4.69) is 39.0 Å². The fraction of sp³-hybridized carbons (Fsp3) is 0.556. The second-order valence-corrected chi connectivity index (χ2v) is 13.2. The topological polar surface area (TPSA) is 96.8 Å². The van der Waals surface area contributed by atoms with Gasteiger partial charge in [0.15, 0.2) is 5.65 Å². The fourth-order valence-electron chi connectivity index (χ4n) is 7.11. The third kappa shape index (κ3) is 7.54. The summed E-state index contributed by atoms with van der Waals surface area (Å²) in [6.07, 6.45) is 21.1. The van der Waals surface area contributed by atoms with Crippen LogP contribution >= 0.6 is 11.6 Å². The summed E-state index contributed by atoms with van der Waals surface area (Å²) in [7, 11) is 0. The van der Waals surface area contributed by atoms with E-state index >= 15 is 0 Å². The number of carbonyl (C=O) groups is 1. The average Bonchev–Trinajstić information content (AvgIpc) is 3.49. The number of amides is 1.